The third kappa shape index (κ3) is 0.513. The average Bonchev–Trinajstić information content (AvgIpc) is 2.03. The Hall–Kier alpha value is -0.260. The van der Waals surface area contributed by atoms with Gasteiger partial charge in [-0.3, -0.25) is 0 Å². The maximum Gasteiger partial charge on any atom is -0.00218 e. The fraction of sp³-hybridized carbons (Fsp3) is 0.818. The predicted molar refractivity (Wildman–Crippen MR) is 46.2 cm³/mol. The molecule has 3 rings (SSSR count). The van der Waals surface area contributed by atoms with E-state index >= 15 is 0 Å². The third-order valence-corrected chi connectivity index (χ3v) is 4.50. The number of hydrogen-bond acceptors (Lipinski definition) is 0. The van der Waals surface area contributed by atoms with Gasteiger partial charge in [0.1, 0.15) is 0 Å². The summed E-state index contributed by atoms with van der Waals surface area (Å²) < 4.78 is 0. The molecule has 4 unspecified atom stereocenters. The molecule has 0 bridgehead atoms. The normalized spacial score (nSPS) is 58.8. The van der Waals surface area contributed by atoms with Crippen LogP contribution in [-0.2, 0) is 0 Å². The molecule has 1 spiro atoms. The Bertz CT molecular complexity index is 216. The number of rotatable bonds is 0. The van der Waals surface area contributed by atoms with Crippen molar-refractivity contribution in [2.75, 3.05) is 0 Å². The van der Waals surface area contributed by atoms with Crippen LogP contribution in [-0.4, -0.2) is 0 Å². The maximum absolute atomic E-state index is 2.52. The first-order valence-electron chi connectivity index (χ1n) is 5.04. The summed E-state index contributed by atoms with van der Waals surface area (Å²) in [5.41, 5.74) is 0.748. The van der Waals surface area contributed by atoms with Gasteiger partial charge in [0.2, 0.25) is 0 Å². The predicted octanol–water partition coefficient (Wildman–Crippen LogP) is 3.00. The molecule has 0 aromatic heterocycles. The first kappa shape index (κ1) is 6.28. The van der Waals surface area contributed by atoms with Gasteiger partial charge in [0.25, 0.3) is 0 Å². The number of hydrogen-bond donors (Lipinski definition) is 0. The topological polar surface area (TPSA) is 0 Å². The second kappa shape index (κ2) is 1.73. The molecule has 3 aliphatic carbocycles. The van der Waals surface area contributed by atoms with Gasteiger partial charge < -0.3 is 0 Å². The highest BCUT2D eigenvalue weighted by molar-refractivity contribution is 5.30. The molecule has 0 heterocycles. The van der Waals surface area contributed by atoms with Crippen LogP contribution in [0.3, 0.4) is 0 Å². The van der Waals surface area contributed by atoms with Crippen LogP contribution in [0.2, 0.25) is 0 Å². The van der Waals surface area contributed by atoms with E-state index in [9.17, 15) is 0 Å². The van der Waals surface area contributed by atoms with Crippen LogP contribution in [0.1, 0.15) is 32.6 Å². The zero-order valence-corrected chi connectivity index (χ0v) is 7.22. The van der Waals surface area contributed by atoms with Crippen molar-refractivity contribution in [2.24, 2.45) is 23.2 Å². The first-order chi connectivity index (χ1) is 5.34. The highest BCUT2D eigenvalue weighted by atomic mass is 14.6. The summed E-state index contributed by atoms with van der Waals surface area (Å²) in [6.45, 7) is 2.45. The van der Waals surface area contributed by atoms with E-state index in [1.807, 2.05) is 0 Å². The largest absolute Gasteiger partial charge is 0.0837 e. The van der Waals surface area contributed by atoms with Crippen LogP contribution in [0.4, 0.5) is 0 Å². The molecule has 0 N–H and O–H groups in total. The van der Waals surface area contributed by atoms with Gasteiger partial charge in [-0.05, 0) is 36.0 Å². The molecule has 60 valence electrons. The van der Waals surface area contributed by atoms with Crippen LogP contribution in [0.25, 0.3) is 0 Å². The van der Waals surface area contributed by atoms with Crippen LogP contribution < -0.4 is 0 Å². The summed E-state index contributed by atoms with van der Waals surface area (Å²) in [5.74, 6) is 3.08. The molecule has 0 heteroatoms. The van der Waals surface area contributed by atoms with E-state index in [1.165, 1.54) is 25.7 Å². The van der Waals surface area contributed by atoms with Crippen molar-refractivity contribution in [3.05, 3.63) is 12.2 Å². The molecular weight excluding hydrogens is 132 g/mol. The van der Waals surface area contributed by atoms with Crippen LogP contribution in [0, 0.1) is 23.2 Å². The Morgan fingerprint density at radius 3 is 2.91 bits per heavy atom. The number of allylic oxidation sites excluding steroid dienone is 2. The van der Waals surface area contributed by atoms with Crippen molar-refractivity contribution in [1.29, 1.82) is 0 Å². The Balaban J connectivity index is 1.93. The lowest BCUT2D eigenvalue weighted by molar-refractivity contribution is -0.103. The summed E-state index contributed by atoms with van der Waals surface area (Å²) in [5, 5.41) is 0. The molecule has 2 fully saturated rings. The highest BCUT2D eigenvalue weighted by Crippen LogP contribution is 2.68. The van der Waals surface area contributed by atoms with Crippen molar-refractivity contribution in [3.8, 4) is 0 Å². The summed E-state index contributed by atoms with van der Waals surface area (Å²) in [6, 6.07) is 0. The Morgan fingerprint density at radius 2 is 2.27 bits per heavy atom. The average molecular weight is 148 g/mol. The van der Waals surface area contributed by atoms with Gasteiger partial charge in [-0.1, -0.05) is 31.9 Å². The molecule has 4 atom stereocenters. The van der Waals surface area contributed by atoms with Gasteiger partial charge in [-0.25, -0.2) is 0 Å². The SMILES string of the molecule is CC1C2C=CC23CCCCC13. The molecule has 3 aliphatic rings. The molecule has 0 nitrogen and oxygen atoms in total. The van der Waals surface area contributed by atoms with E-state index in [0.29, 0.717) is 0 Å². The lowest BCUT2D eigenvalue weighted by Crippen LogP contribution is -2.59. The molecule has 0 aromatic rings. The second-order valence-corrected chi connectivity index (χ2v) is 4.71. The fourth-order valence-electron chi connectivity index (χ4n) is 3.87. The van der Waals surface area contributed by atoms with Crippen molar-refractivity contribution in [2.45, 2.75) is 32.6 Å². The lowest BCUT2D eigenvalue weighted by Gasteiger charge is -2.66. The molecule has 0 aromatic carbocycles. The van der Waals surface area contributed by atoms with Crippen LogP contribution in [0.15, 0.2) is 12.2 Å². The molecule has 11 heavy (non-hydrogen) atoms. The molecule has 0 radical (unpaired) electrons. The minimum absolute atomic E-state index is 0.748. The molecular formula is C11H16. The van der Waals surface area contributed by atoms with Crippen LogP contribution in [0.5, 0.6) is 0 Å². The van der Waals surface area contributed by atoms with Crippen molar-refractivity contribution in [3.63, 3.8) is 0 Å². The summed E-state index contributed by atoms with van der Waals surface area (Å²) in [6.07, 6.45) is 11.0. The zero-order valence-electron chi connectivity index (χ0n) is 7.22. The van der Waals surface area contributed by atoms with E-state index in [2.05, 4.69) is 19.1 Å². The fourth-order valence-corrected chi connectivity index (χ4v) is 3.87. The minimum Gasteiger partial charge on any atom is -0.0837 e. The monoisotopic (exact) mass is 148 g/mol. The Labute approximate surface area is 68.7 Å². The van der Waals surface area contributed by atoms with Gasteiger partial charge >= 0.3 is 0 Å². The second-order valence-electron chi connectivity index (χ2n) is 4.71. The van der Waals surface area contributed by atoms with Crippen LogP contribution >= 0.6 is 0 Å². The van der Waals surface area contributed by atoms with E-state index in [0.717, 1.165) is 23.2 Å². The summed E-state index contributed by atoms with van der Waals surface area (Å²) in [7, 11) is 0. The van der Waals surface area contributed by atoms with Gasteiger partial charge in [0, 0.05) is 0 Å². The standard InChI is InChI=1S/C11H16/c1-8-9-4-2-3-6-11(9)7-5-10(8)11/h5,7-10H,2-4,6H2,1H3. The molecule has 2 saturated carbocycles. The van der Waals surface area contributed by atoms with Gasteiger partial charge in [0.15, 0.2) is 0 Å². The lowest BCUT2D eigenvalue weighted by atomic mass is 9.38. The van der Waals surface area contributed by atoms with Crippen molar-refractivity contribution < 1.29 is 0 Å². The van der Waals surface area contributed by atoms with E-state index in [4.69, 9.17) is 0 Å². The maximum atomic E-state index is 2.52. The molecule has 0 saturated heterocycles. The van der Waals surface area contributed by atoms with Crippen molar-refractivity contribution >= 4 is 0 Å². The van der Waals surface area contributed by atoms with E-state index in [-0.39, 0.29) is 0 Å². The molecule has 0 amide bonds. The zero-order chi connectivity index (χ0) is 7.47. The van der Waals surface area contributed by atoms with Gasteiger partial charge in [-0.15, -0.1) is 0 Å². The van der Waals surface area contributed by atoms with E-state index < -0.39 is 0 Å². The Kier molecular flexibility index (Phi) is 0.987. The van der Waals surface area contributed by atoms with E-state index in [1.54, 1.807) is 0 Å². The minimum atomic E-state index is 0.748. The van der Waals surface area contributed by atoms with Gasteiger partial charge in [0.05, 0.1) is 0 Å². The smallest absolute Gasteiger partial charge is 0.00218 e. The Morgan fingerprint density at radius 1 is 1.36 bits per heavy atom. The molecule has 0 aliphatic heterocycles. The third-order valence-electron chi connectivity index (χ3n) is 4.50. The first-order valence-corrected chi connectivity index (χ1v) is 5.04. The quantitative estimate of drug-likeness (QED) is 0.463. The van der Waals surface area contributed by atoms with Crippen molar-refractivity contribution in [1.82, 2.24) is 0 Å². The summed E-state index contributed by atoms with van der Waals surface area (Å²) in [4.78, 5) is 0. The summed E-state index contributed by atoms with van der Waals surface area (Å²) >= 11 is 0. The van der Waals surface area contributed by atoms with Gasteiger partial charge in [-0.2, -0.15) is 0 Å². The highest BCUT2D eigenvalue weighted by Gasteiger charge is 2.61.